The third-order valence-corrected chi connectivity index (χ3v) is 3.48. The molecule has 1 heterocycles. The molecule has 2 aromatic rings. The Labute approximate surface area is 134 Å². The van der Waals surface area contributed by atoms with Crippen LogP contribution in [0.1, 0.15) is 26.2 Å². The van der Waals surface area contributed by atoms with Gasteiger partial charge in [0.05, 0.1) is 11.6 Å². The zero-order valence-electron chi connectivity index (χ0n) is 13.2. The Morgan fingerprint density at radius 3 is 2.61 bits per heavy atom. The number of hydrogen-bond acceptors (Lipinski definition) is 4. The minimum Gasteiger partial charge on any atom is -0.481 e. The molecule has 0 spiro atoms. The van der Waals surface area contributed by atoms with Crippen molar-refractivity contribution in [1.82, 2.24) is 10.3 Å². The number of aryl methyl sites for hydroxylation is 1. The predicted molar refractivity (Wildman–Crippen MR) is 84.7 cm³/mol. The Hall–Kier alpha value is -2.63. The van der Waals surface area contributed by atoms with Crippen molar-refractivity contribution >= 4 is 11.9 Å². The Balaban J connectivity index is 1.84. The van der Waals surface area contributed by atoms with Crippen molar-refractivity contribution in [2.45, 2.75) is 26.7 Å². The number of rotatable bonds is 7. The summed E-state index contributed by atoms with van der Waals surface area (Å²) in [6.45, 7) is 3.22. The Kier molecular flexibility index (Phi) is 5.16. The van der Waals surface area contributed by atoms with E-state index >= 15 is 0 Å². The second-order valence-corrected chi connectivity index (χ2v) is 5.95. The summed E-state index contributed by atoms with van der Waals surface area (Å²) in [6.07, 6.45) is 2.20. The van der Waals surface area contributed by atoms with Crippen LogP contribution >= 0.6 is 0 Å². The summed E-state index contributed by atoms with van der Waals surface area (Å²) in [5.74, 6) is -0.0266. The smallest absolute Gasteiger partial charge is 0.310 e. The minimum absolute atomic E-state index is 0.0853. The molecule has 1 aromatic carbocycles. The van der Waals surface area contributed by atoms with E-state index in [1.807, 2.05) is 30.3 Å². The van der Waals surface area contributed by atoms with Crippen LogP contribution in [-0.4, -0.2) is 28.5 Å². The maximum Gasteiger partial charge on any atom is 0.310 e. The summed E-state index contributed by atoms with van der Waals surface area (Å²) >= 11 is 0. The van der Waals surface area contributed by atoms with Gasteiger partial charge < -0.3 is 14.8 Å². The molecule has 0 bridgehead atoms. The van der Waals surface area contributed by atoms with E-state index in [9.17, 15) is 9.59 Å². The molecule has 0 aliphatic rings. The number of benzene rings is 1. The average molecular weight is 316 g/mol. The topological polar surface area (TPSA) is 92.4 Å². The molecular formula is C17H20N2O4. The Morgan fingerprint density at radius 2 is 1.96 bits per heavy atom. The number of oxazole rings is 1. The Bertz CT molecular complexity index is 677. The lowest BCUT2D eigenvalue weighted by atomic mass is 9.94. The fourth-order valence-electron chi connectivity index (χ4n) is 1.87. The fourth-order valence-corrected chi connectivity index (χ4v) is 1.87. The van der Waals surface area contributed by atoms with E-state index in [1.165, 1.54) is 0 Å². The number of aromatic nitrogens is 1. The summed E-state index contributed by atoms with van der Waals surface area (Å²) in [7, 11) is 0. The van der Waals surface area contributed by atoms with Crippen molar-refractivity contribution in [3.05, 3.63) is 42.4 Å². The van der Waals surface area contributed by atoms with E-state index < -0.39 is 11.4 Å². The van der Waals surface area contributed by atoms with Gasteiger partial charge in [-0.2, -0.15) is 0 Å². The van der Waals surface area contributed by atoms with Gasteiger partial charge in [0.25, 0.3) is 0 Å². The lowest BCUT2D eigenvalue weighted by Gasteiger charge is -2.19. The van der Waals surface area contributed by atoms with Crippen molar-refractivity contribution in [2.24, 2.45) is 5.41 Å². The first kappa shape index (κ1) is 16.7. The summed E-state index contributed by atoms with van der Waals surface area (Å²) in [4.78, 5) is 26.9. The van der Waals surface area contributed by atoms with Crippen molar-refractivity contribution < 1.29 is 19.1 Å². The van der Waals surface area contributed by atoms with Gasteiger partial charge in [-0.1, -0.05) is 30.3 Å². The summed E-state index contributed by atoms with van der Waals surface area (Å²) in [5, 5.41) is 11.6. The maximum atomic E-state index is 11.8. The first-order valence-corrected chi connectivity index (χ1v) is 7.39. The van der Waals surface area contributed by atoms with E-state index in [1.54, 1.807) is 20.0 Å². The highest BCUT2D eigenvalue weighted by Gasteiger charge is 2.27. The van der Waals surface area contributed by atoms with Gasteiger partial charge in [-0.15, -0.1) is 0 Å². The third kappa shape index (κ3) is 4.67. The molecule has 0 saturated heterocycles. The molecule has 6 heteroatoms. The molecule has 6 nitrogen and oxygen atoms in total. The van der Waals surface area contributed by atoms with Crippen LogP contribution < -0.4 is 5.32 Å². The fraction of sp³-hybridized carbons (Fsp3) is 0.353. The standard InChI is InChI=1S/C17H20N2O4/c1-17(2,16(21)22)11-19-14(20)8-9-15-18-10-13(23-15)12-6-4-3-5-7-12/h3-7,10H,8-9,11H2,1-2H3,(H,19,20)(H,21,22). The van der Waals surface area contributed by atoms with Crippen molar-refractivity contribution in [3.63, 3.8) is 0 Å². The molecule has 0 unspecified atom stereocenters. The van der Waals surface area contributed by atoms with E-state index in [0.717, 1.165) is 5.56 Å². The molecule has 0 aliphatic carbocycles. The number of amides is 1. The van der Waals surface area contributed by atoms with Gasteiger partial charge in [-0.3, -0.25) is 9.59 Å². The molecule has 1 amide bonds. The molecule has 0 radical (unpaired) electrons. The van der Waals surface area contributed by atoms with Crippen LogP contribution in [-0.2, 0) is 16.0 Å². The van der Waals surface area contributed by atoms with Crippen LogP contribution in [0.4, 0.5) is 0 Å². The van der Waals surface area contributed by atoms with Crippen molar-refractivity contribution in [3.8, 4) is 11.3 Å². The van der Waals surface area contributed by atoms with Gasteiger partial charge in [0.2, 0.25) is 5.91 Å². The lowest BCUT2D eigenvalue weighted by Crippen LogP contribution is -2.38. The third-order valence-electron chi connectivity index (χ3n) is 3.48. The zero-order valence-corrected chi connectivity index (χ0v) is 13.2. The molecule has 0 aliphatic heterocycles. The number of carboxylic acid groups (broad SMARTS) is 1. The monoisotopic (exact) mass is 316 g/mol. The maximum absolute atomic E-state index is 11.8. The van der Waals surface area contributed by atoms with Crippen molar-refractivity contribution in [1.29, 1.82) is 0 Å². The highest BCUT2D eigenvalue weighted by atomic mass is 16.4. The molecule has 1 aromatic heterocycles. The molecule has 0 fully saturated rings. The van der Waals surface area contributed by atoms with Crippen LogP contribution in [0.25, 0.3) is 11.3 Å². The normalized spacial score (nSPS) is 11.2. The molecule has 0 saturated carbocycles. The van der Waals surface area contributed by atoms with Crippen LogP contribution in [0.5, 0.6) is 0 Å². The van der Waals surface area contributed by atoms with E-state index in [4.69, 9.17) is 9.52 Å². The second-order valence-electron chi connectivity index (χ2n) is 5.95. The van der Waals surface area contributed by atoms with E-state index in [2.05, 4.69) is 10.3 Å². The molecular weight excluding hydrogens is 296 g/mol. The largest absolute Gasteiger partial charge is 0.481 e. The number of carboxylic acids is 1. The van der Waals surface area contributed by atoms with Gasteiger partial charge in [0.1, 0.15) is 0 Å². The lowest BCUT2D eigenvalue weighted by molar-refractivity contribution is -0.146. The van der Waals surface area contributed by atoms with Gasteiger partial charge >= 0.3 is 5.97 Å². The van der Waals surface area contributed by atoms with Gasteiger partial charge in [-0.05, 0) is 13.8 Å². The molecule has 122 valence electrons. The number of hydrogen-bond donors (Lipinski definition) is 2. The highest BCUT2D eigenvalue weighted by molar-refractivity contribution is 5.78. The zero-order chi connectivity index (χ0) is 16.9. The molecule has 23 heavy (non-hydrogen) atoms. The first-order valence-electron chi connectivity index (χ1n) is 7.39. The number of nitrogens with zero attached hydrogens (tertiary/aromatic N) is 1. The molecule has 0 atom stereocenters. The van der Waals surface area contributed by atoms with E-state index in [-0.39, 0.29) is 18.9 Å². The predicted octanol–water partition coefficient (Wildman–Crippen LogP) is 2.50. The Morgan fingerprint density at radius 1 is 1.26 bits per heavy atom. The number of aliphatic carboxylic acids is 1. The van der Waals surface area contributed by atoms with Crippen LogP contribution in [0.2, 0.25) is 0 Å². The second kappa shape index (κ2) is 7.09. The summed E-state index contributed by atoms with van der Waals surface area (Å²) in [5.41, 5.74) is -0.0575. The number of carbonyl (C=O) groups is 2. The van der Waals surface area contributed by atoms with Crippen molar-refractivity contribution in [2.75, 3.05) is 6.54 Å². The van der Waals surface area contributed by atoms with Gasteiger partial charge in [0.15, 0.2) is 11.7 Å². The van der Waals surface area contributed by atoms with Crippen LogP contribution in [0.15, 0.2) is 40.9 Å². The minimum atomic E-state index is -0.987. The van der Waals surface area contributed by atoms with Gasteiger partial charge in [0, 0.05) is 24.9 Å². The SMILES string of the molecule is CC(C)(CNC(=O)CCc1ncc(-c2ccccc2)o1)C(=O)O. The van der Waals surface area contributed by atoms with Crippen LogP contribution in [0, 0.1) is 5.41 Å². The molecule has 2 rings (SSSR count). The van der Waals surface area contributed by atoms with E-state index in [0.29, 0.717) is 18.1 Å². The first-order chi connectivity index (χ1) is 10.9. The number of nitrogens with one attached hydrogen (secondary N) is 1. The highest BCUT2D eigenvalue weighted by Crippen LogP contribution is 2.20. The molecule has 2 N–H and O–H groups in total. The average Bonchev–Trinajstić information content (AvgIpc) is 3.01. The summed E-state index contributed by atoms with van der Waals surface area (Å²) < 4.78 is 5.62. The van der Waals surface area contributed by atoms with Gasteiger partial charge in [-0.25, -0.2) is 4.98 Å². The summed E-state index contributed by atoms with van der Waals surface area (Å²) in [6, 6.07) is 9.59. The quantitative estimate of drug-likeness (QED) is 0.818. The van der Waals surface area contributed by atoms with Crippen LogP contribution in [0.3, 0.4) is 0 Å². The number of carbonyl (C=O) groups excluding carboxylic acids is 1.